The fourth-order valence-electron chi connectivity index (χ4n) is 3.96. The van der Waals surface area contributed by atoms with Crippen LogP contribution >= 0.6 is 24.0 Å². The van der Waals surface area contributed by atoms with E-state index in [1.54, 1.807) is 4.90 Å². The molecule has 0 aliphatic carbocycles. The molecule has 0 N–H and O–H groups in total. The van der Waals surface area contributed by atoms with Crippen molar-refractivity contribution in [2.75, 3.05) is 37.7 Å². The first-order chi connectivity index (χ1) is 15.2. The maximum atomic E-state index is 13.1. The summed E-state index contributed by atoms with van der Waals surface area (Å²) in [6.07, 6.45) is 1.96. The van der Waals surface area contributed by atoms with Crippen LogP contribution in [0.5, 0.6) is 0 Å². The van der Waals surface area contributed by atoms with Crippen molar-refractivity contribution in [3.63, 3.8) is 0 Å². The molecule has 0 aromatic heterocycles. The van der Waals surface area contributed by atoms with E-state index in [0.29, 0.717) is 15.9 Å². The Labute approximate surface area is 201 Å². The number of hydrogen-bond acceptors (Lipinski definition) is 5. The predicted molar refractivity (Wildman–Crippen MR) is 140 cm³/mol. The van der Waals surface area contributed by atoms with Crippen molar-refractivity contribution in [2.24, 2.45) is 0 Å². The summed E-state index contributed by atoms with van der Waals surface area (Å²) in [5, 5.41) is 0. The lowest BCUT2D eigenvalue weighted by Gasteiger charge is -2.37. The molecule has 0 spiro atoms. The predicted octanol–water partition coefficient (Wildman–Crippen LogP) is 5.27. The van der Waals surface area contributed by atoms with Gasteiger partial charge in [-0.05, 0) is 41.7 Å². The Morgan fingerprint density at radius 1 is 0.969 bits per heavy atom. The van der Waals surface area contributed by atoms with Crippen LogP contribution in [0.2, 0.25) is 0 Å². The number of benzene rings is 2. The smallest absolute Gasteiger partial charge is 0.267 e. The van der Waals surface area contributed by atoms with Crippen LogP contribution < -0.4 is 4.90 Å². The number of carbonyl (C=O) groups excluding carboxylic acids is 1. The molecule has 0 atom stereocenters. The van der Waals surface area contributed by atoms with E-state index in [2.05, 4.69) is 86.0 Å². The molecule has 2 fully saturated rings. The van der Waals surface area contributed by atoms with Crippen LogP contribution in [0.1, 0.15) is 37.5 Å². The minimum atomic E-state index is 0.0147. The van der Waals surface area contributed by atoms with E-state index in [-0.39, 0.29) is 11.3 Å². The Kier molecular flexibility index (Phi) is 6.75. The van der Waals surface area contributed by atoms with Gasteiger partial charge in [0.25, 0.3) is 5.91 Å². The van der Waals surface area contributed by atoms with Gasteiger partial charge >= 0.3 is 0 Å². The Hall–Kier alpha value is -2.15. The van der Waals surface area contributed by atoms with E-state index >= 15 is 0 Å². The number of hydrogen-bond donors (Lipinski definition) is 0. The van der Waals surface area contributed by atoms with Crippen molar-refractivity contribution in [1.29, 1.82) is 0 Å². The second kappa shape index (κ2) is 9.38. The minimum Gasteiger partial charge on any atom is -0.369 e. The summed E-state index contributed by atoms with van der Waals surface area (Å²) < 4.78 is 0.647. The molecule has 2 saturated heterocycles. The summed E-state index contributed by atoms with van der Waals surface area (Å²) in [5.74, 6) is 0.0147. The van der Waals surface area contributed by atoms with Gasteiger partial charge in [-0.2, -0.15) is 0 Å². The molecule has 0 bridgehead atoms. The Morgan fingerprint density at radius 2 is 1.59 bits per heavy atom. The van der Waals surface area contributed by atoms with Crippen molar-refractivity contribution in [3.05, 3.63) is 70.1 Å². The van der Waals surface area contributed by atoms with Crippen LogP contribution in [-0.4, -0.2) is 52.9 Å². The maximum absolute atomic E-state index is 13.1. The number of anilines is 1. The molecule has 0 saturated carbocycles. The molecular formula is C26H31N3OS2. The zero-order valence-corrected chi connectivity index (χ0v) is 20.9. The molecule has 2 aliphatic heterocycles. The van der Waals surface area contributed by atoms with Gasteiger partial charge in [-0.15, -0.1) is 0 Å². The first kappa shape index (κ1) is 23.0. The number of thioether (sulfide) groups is 1. The Bertz CT molecular complexity index is 1010. The molecule has 4 nitrogen and oxygen atoms in total. The first-order valence-corrected chi connectivity index (χ1v) is 12.3. The molecule has 0 radical (unpaired) electrons. The molecule has 4 rings (SSSR count). The highest BCUT2D eigenvalue weighted by Crippen LogP contribution is 2.33. The molecule has 2 heterocycles. The number of piperazine rings is 1. The Balaban J connectivity index is 1.36. The van der Waals surface area contributed by atoms with E-state index in [1.807, 2.05) is 6.08 Å². The summed E-state index contributed by atoms with van der Waals surface area (Å²) in [5.41, 5.74) is 4.98. The fourth-order valence-corrected chi connectivity index (χ4v) is 5.20. The van der Waals surface area contributed by atoms with Gasteiger partial charge in [0.1, 0.15) is 4.32 Å². The lowest BCUT2D eigenvalue weighted by Crippen LogP contribution is -2.50. The van der Waals surface area contributed by atoms with E-state index < -0.39 is 0 Å². The fraction of sp³-hybridized carbons (Fsp3) is 0.385. The van der Waals surface area contributed by atoms with Gasteiger partial charge in [-0.1, -0.05) is 86.7 Å². The second-order valence-corrected chi connectivity index (χ2v) is 11.2. The van der Waals surface area contributed by atoms with E-state index in [9.17, 15) is 4.79 Å². The minimum absolute atomic E-state index is 0.0147. The van der Waals surface area contributed by atoms with Crippen molar-refractivity contribution in [1.82, 2.24) is 9.80 Å². The average Bonchev–Trinajstić information content (AvgIpc) is 3.02. The third-order valence-corrected chi connectivity index (χ3v) is 7.44. The third kappa shape index (κ3) is 5.25. The lowest BCUT2D eigenvalue weighted by molar-refractivity contribution is -0.123. The van der Waals surface area contributed by atoms with Crippen LogP contribution in [0.15, 0.2) is 53.4 Å². The highest BCUT2D eigenvalue weighted by molar-refractivity contribution is 8.26. The van der Waals surface area contributed by atoms with Gasteiger partial charge in [0, 0.05) is 31.9 Å². The zero-order valence-electron chi connectivity index (χ0n) is 19.3. The van der Waals surface area contributed by atoms with Crippen molar-refractivity contribution in [2.45, 2.75) is 33.1 Å². The summed E-state index contributed by atoms with van der Waals surface area (Å²) in [6, 6.07) is 17.1. The average molecular weight is 466 g/mol. The number of aryl methyl sites for hydroxylation is 1. The topological polar surface area (TPSA) is 26.8 Å². The van der Waals surface area contributed by atoms with Gasteiger partial charge in [0.2, 0.25) is 0 Å². The van der Waals surface area contributed by atoms with Crippen LogP contribution in [-0.2, 0) is 10.2 Å². The van der Waals surface area contributed by atoms with Crippen molar-refractivity contribution >= 4 is 46.0 Å². The zero-order chi connectivity index (χ0) is 22.9. The summed E-state index contributed by atoms with van der Waals surface area (Å²) in [6.45, 7) is 13.0. The quantitative estimate of drug-likeness (QED) is 0.453. The first-order valence-electron chi connectivity index (χ1n) is 11.1. The van der Waals surface area contributed by atoms with E-state index in [0.717, 1.165) is 31.7 Å². The number of amides is 1. The number of nitrogens with zero attached hydrogens (tertiary/aromatic N) is 3. The molecule has 2 aromatic rings. The largest absolute Gasteiger partial charge is 0.369 e. The molecular weight excluding hydrogens is 434 g/mol. The summed E-state index contributed by atoms with van der Waals surface area (Å²) in [7, 11) is 0. The molecule has 2 aliphatic rings. The molecule has 0 unspecified atom stereocenters. The SMILES string of the molecule is Cc1ccc(N2CCN(CN3C(=O)/C(=C\c4ccc(C(C)(C)C)cc4)SC3=S)CC2)cc1. The van der Waals surface area contributed by atoms with E-state index in [1.165, 1.54) is 28.6 Å². The van der Waals surface area contributed by atoms with Crippen LogP contribution in [0.25, 0.3) is 6.08 Å². The molecule has 168 valence electrons. The monoisotopic (exact) mass is 465 g/mol. The van der Waals surface area contributed by atoms with Crippen LogP contribution in [0, 0.1) is 6.92 Å². The lowest BCUT2D eigenvalue weighted by atomic mass is 9.87. The molecule has 32 heavy (non-hydrogen) atoms. The number of carbonyl (C=O) groups is 1. The molecule has 6 heteroatoms. The van der Waals surface area contributed by atoms with Crippen molar-refractivity contribution < 1.29 is 4.79 Å². The highest BCUT2D eigenvalue weighted by atomic mass is 32.2. The second-order valence-electron chi connectivity index (χ2n) is 9.56. The van der Waals surface area contributed by atoms with Gasteiger partial charge in [0.05, 0.1) is 11.6 Å². The number of thiocarbonyl (C=S) groups is 1. The van der Waals surface area contributed by atoms with Crippen LogP contribution in [0.4, 0.5) is 5.69 Å². The summed E-state index contributed by atoms with van der Waals surface area (Å²) in [4.78, 5) is 20.2. The van der Waals surface area contributed by atoms with Crippen molar-refractivity contribution in [3.8, 4) is 0 Å². The third-order valence-electron chi connectivity index (χ3n) is 6.06. The standard InChI is InChI=1S/C26H31N3OS2/c1-19-5-11-22(12-6-19)28-15-13-27(14-16-28)18-29-24(30)23(32-25(29)31)17-20-7-9-21(10-8-20)26(2,3)4/h5-12,17H,13-16,18H2,1-4H3/b23-17+. The Morgan fingerprint density at radius 3 is 2.19 bits per heavy atom. The summed E-state index contributed by atoms with van der Waals surface area (Å²) >= 11 is 6.96. The van der Waals surface area contributed by atoms with Gasteiger partial charge in [0.15, 0.2) is 0 Å². The van der Waals surface area contributed by atoms with Gasteiger partial charge in [-0.3, -0.25) is 14.6 Å². The molecule has 2 aromatic carbocycles. The normalized spacial score (nSPS) is 19.3. The molecule has 1 amide bonds. The highest BCUT2D eigenvalue weighted by Gasteiger charge is 2.33. The maximum Gasteiger partial charge on any atom is 0.267 e. The van der Waals surface area contributed by atoms with Gasteiger partial charge < -0.3 is 4.90 Å². The van der Waals surface area contributed by atoms with E-state index in [4.69, 9.17) is 12.2 Å². The van der Waals surface area contributed by atoms with Gasteiger partial charge in [-0.25, -0.2) is 0 Å². The van der Waals surface area contributed by atoms with Crippen LogP contribution in [0.3, 0.4) is 0 Å². The number of rotatable bonds is 4.